The van der Waals surface area contributed by atoms with E-state index in [0.717, 1.165) is 17.9 Å². The van der Waals surface area contributed by atoms with Crippen molar-refractivity contribution >= 4 is 5.91 Å². The Balaban J connectivity index is 2.05. The quantitative estimate of drug-likeness (QED) is 0.751. The number of carbonyl (C=O) groups is 1. The molecule has 0 fully saturated rings. The van der Waals surface area contributed by atoms with Crippen molar-refractivity contribution in [1.82, 2.24) is 19.7 Å². The van der Waals surface area contributed by atoms with Crippen LogP contribution in [0.1, 0.15) is 30.6 Å². The molecule has 2 aromatic heterocycles. The molecule has 1 aromatic carbocycles. The third-order valence-corrected chi connectivity index (χ3v) is 4.14. The van der Waals surface area contributed by atoms with E-state index in [1.165, 1.54) is 0 Å². The first kappa shape index (κ1) is 16.8. The van der Waals surface area contributed by atoms with Gasteiger partial charge in [-0.3, -0.25) is 4.79 Å². The van der Waals surface area contributed by atoms with Gasteiger partial charge in [0.15, 0.2) is 5.82 Å². The molecule has 3 rings (SSSR count). The van der Waals surface area contributed by atoms with Gasteiger partial charge >= 0.3 is 0 Å². The first-order chi connectivity index (χ1) is 12.1. The minimum atomic E-state index is -0.127. The zero-order valence-corrected chi connectivity index (χ0v) is 14.6. The molecular formula is C19H22N4O2. The van der Waals surface area contributed by atoms with Crippen LogP contribution in [-0.4, -0.2) is 33.4 Å². The lowest BCUT2D eigenvalue weighted by atomic mass is 10.2. The van der Waals surface area contributed by atoms with Gasteiger partial charge in [-0.1, -0.05) is 6.92 Å². The molecule has 130 valence electrons. The van der Waals surface area contributed by atoms with Crippen molar-refractivity contribution in [3.63, 3.8) is 0 Å². The Morgan fingerprint density at radius 3 is 2.52 bits per heavy atom. The summed E-state index contributed by atoms with van der Waals surface area (Å²) in [6.45, 7) is 4.03. The SMILES string of the molecule is CCC(C)NC(=O)c1cnn(-c2ccc(OC)cc2)c1-n1cccc1. The molecule has 2 heterocycles. The lowest BCUT2D eigenvalue weighted by molar-refractivity contribution is 0.0939. The number of carbonyl (C=O) groups excluding carboxylic acids is 1. The Morgan fingerprint density at radius 2 is 1.92 bits per heavy atom. The Kier molecular flexibility index (Phi) is 4.88. The van der Waals surface area contributed by atoms with Crippen molar-refractivity contribution in [3.8, 4) is 17.3 Å². The minimum Gasteiger partial charge on any atom is -0.497 e. The summed E-state index contributed by atoms with van der Waals surface area (Å²) in [5.74, 6) is 1.35. The van der Waals surface area contributed by atoms with E-state index in [1.807, 2.05) is 67.2 Å². The largest absolute Gasteiger partial charge is 0.497 e. The van der Waals surface area contributed by atoms with Crippen LogP contribution >= 0.6 is 0 Å². The van der Waals surface area contributed by atoms with E-state index in [1.54, 1.807) is 18.0 Å². The molecule has 0 bridgehead atoms. The third kappa shape index (κ3) is 3.42. The Labute approximate surface area is 147 Å². The maximum absolute atomic E-state index is 12.7. The first-order valence-corrected chi connectivity index (χ1v) is 8.30. The maximum atomic E-state index is 12.7. The van der Waals surface area contributed by atoms with Gasteiger partial charge in [0.1, 0.15) is 11.3 Å². The van der Waals surface area contributed by atoms with Gasteiger partial charge in [0.2, 0.25) is 0 Å². The highest BCUT2D eigenvalue weighted by Crippen LogP contribution is 2.22. The van der Waals surface area contributed by atoms with Crippen LogP contribution in [0, 0.1) is 0 Å². The number of nitrogens with one attached hydrogen (secondary N) is 1. The molecule has 1 unspecified atom stereocenters. The molecule has 1 amide bonds. The Bertz CT molecular complexity index is 835. The number of methoxy groups -OCH3 is 1. The number of hydrogen-bond acceptors (Lipinski definition) is 3. The monoisotopic (exact) mass is 338 g/mol. The van der Waals surface area contributed by atoms with E-state index in [2.05, 4.69) is 10.4 Å². The minimum absolute atomic E-state index is 0.106. The van der Waals surface area contributed by atoms with Crippen molar-refractivity contribution in [2.24, 2.45) is 0 Å². The van der Waals surface area contributed by atoms with Gasteiger partial charge < -0.3 is 14.6 Å². The van der Waals surface area contributed by atoms with Crippen LogP contribution in [0.2, 0.25) is 0 Å². The zero-order valence-electron chi connectivity index (χ0n) is 14.6. The van der Waals surface area contributed by atoms with E-state index in [9.17, 15) is 4.79 Å². The fraction of sp³-hybridized carbons (Fsp3) is 0.263. The van der Waals surface area contributed by atoms with Crippen LogP contribution in [0.3, 0.4) is 0 Å². The average Bonchev–Trinajstić information content (AvgIpc) is 3.30. The van der Waals surface area contributed by atoms with E-state index in [4.69, 9.17) is 4.74 Å². The van der Waals surface area contributed by atoms with Crippen LogP contribution < -0.4 is 10.1 Å². The molecule has 0 saturated heterocycles. The van der Waals surface area contributed by atoms with Gasteiger partial charge in [-0.25, -0.2) is 4.68 Å². The normalized spacial score (nSPS) is 12.0. The predicted molar refractivity (Wildman–Crippen MR) is 96.7 cm³/mol. The van der Waals surface area contributed by atoms with E-state index in [0.29, 0.717) is 11.4 Å². The molecular weight excluding hydrogens is 316 g/mol. The molecule has 6 nitrogen and oxygen atoms in total. The fourth-order valence-corrected chi connectivity index (χ4v) is 2.54. The number of hydrogen-bond donors (Lipinski definition) is 1. The lowest BCUT2D eigenvalue weighted by Crippen LogP contribution is -2.32. The zero-order chi connectivity index (χ0) is 17.8. The van der Waals surface area contributed by atoms with Crippen molar-refractivity contribution in [2.45, 2.75) is 26.3 Å². The standard InChI is InChI=1S/C19H22N4O2/c1-4-14(2)21-18(24)17-13-20-23(19(17)22-11-5-6-12-22)15-7-9-16(25-3)10-8-15/h5-14H,4H2,1-3H3,(H,21,24). The molecule has 0 aliphatic rings. The molecule has 1 atom stereocenters. The summed E-state index contributed by atoms with van der Waals surface area (Å²) >= 11 is 0. The summed E-state index contributed by atoms with van der Waals surface area (Å²) in [5, 5.41) is 7.45. The maximum Gasteiger partial charge on any atom is 0.256 e. The van der Waals surface area contributed by atoms with Gasteiger partial charge in [-0.2, -0.15) is 5.10 Å². The van der Waals surface area contributed by atoms with E-state index >= 15 is 0 Å². The van der Waals surface area contributed by atoms with Crippen LogP contribution in [0.15, 0.2) is 55.0 Å². The Morgan fingerprint density at radius 1 is 1.24 bits per heavy atom. The number of amides is 1. The second-order valence-electron chi connectivity index (χ2n) is 5.86. The molecule has 6 heteroatoms. The van der Waals surface area contributed by atoms with Gasteiger partial charge in [-0.05, 0) is 49.7 Å². The number of ether oxygens (including phenoxy) is 1. The van der Waals surface area contributed by atoms with Gasteiger partial charge in [0.25, 0.3) is 5.91 Å². The van der Waals surface area contributed by atoms with Gasteiger partial charge in [0.05, 0.1) is 19.0 Å². The van der Waals surface area contributed by atoms with Crippen LogP contribution in [0.4, 0.5) is 0 Å². The molecule has 0 saturated carbocycles. The molecule has 0 aliphatic carbocycles. The predicted octanol–water partition coefficient (Wildman–Crippen LogP) is 3.20. The topological polar surface area (TPSA) is 61.1 Å². The van der Waals surface area contributed by atoms with Gasteiger partial charge in [0, 0.05) is 18.4 Å². The fourth-order valence-electron chi connectivity index (χ4n) is 2.54. The lowest BCUT2D eigenvalue weighted by Gasteiger charge is -2.14. The summed E-state index contributed by atoms with van der Waals surface area (Å²) in [6.07, 6.45) is 6.28. The molecule has 0 aliphatic heterocycles. The molecule has 1 N–H and O–H groups in total. The smallest absolute Gasteiger partial charge is 0.256 e. The molecule has 25 heavy (non-hydrogen) atoms. The van der Waals surface area contributed by atoms with Gasteiger partial charge in [-0.15, -0.1) is 0 Å². The van der Waals surface area contributed by atoms with Crippen molar-refractivity contribution in [3.05, 3.63) is 60.6 Å². The van der Waals surface area contributed by atoms with E-state index in [-0.39, 0.29) is 11.9 Å². The van der Waals surface area contributed by atoms with Crippen molar-refractivity contribution in [2.75, 3.05) is 7.11 Å². The number of benzene rings is 1. The highest BCUT2D eigenvalue weighted by molar-refractivity contribution is 5.97. The number of aromatic nitrogens is 3. The summed E-state index contributed by atoms with van der Waals surface area (Å²) in [6, 6.07) is 11.5. The highest BCUT2D eigenvalue weighted by Gasteiger charge is 2.20. The third-order valence-electron chi connectivity index (χ3n) is 4.14. The molecule has 0 spiro atoms. The second kappa shape index (κ2) is 7.25. The second-order valence-corrected chi connectivity index (χ2v) is 5.86. The Hall–Kier alpha value is -3.02. The number of nitrogens with zero attached hydrogens (tertiary/aromatic N) is 3. The number of rotatable bonds is 6. The highest BCUT2D eigenvalue weighted by atomic mass is 16.5. The van der Waals surface area contributed by atoms with Crippen molar-refractivity contribution < 1.29 is 9.53 Å². The van der Waals surface area contributed by atoms with Crippen LogP contribution in [0.5, 0.6) is 5.75 Å². The summed E-state index contributed by atoms with van der Waals surface area (Å²) in [5.41, 5.74) is 1.39. The first-order valence-electron chi connectivity index (χ1n) is 8.30. The summed E-state index contributed by atoms with van der Waals surface area (Å²) in [7, 11) is 1.63. The summed E-state index contributed by atoms with van der Waals surface area (Å²) in [4.78, 5) is 12.7. The molecule has 0 radical (unpaired) electrons. The van der Waals surface area contributed by atoms with E-state index < -0.39 is 0 Å². The van der Waals surface area contributed by atoms with Crippen LogP contribution in [0.25, 0.3) is 11.5 Å². The van der Waals surface area contributed by atoms with Crippen molar-refractivity contribution in [1.29, 1.82) is 0 Å². The molecule has 3 aromatic rings. The summed E-state index contributed by atoms with van der Waals surface area (Å²) < 4.78 is 8.85. The van der Waals surface area contributed by atoms with Crippen LogP contribution in [-0.2, 0) is 0 Å². The average molecular weight is 338 g/mol.